The second kappa shape index (κ2) is 9.66. The van der Waals surface area contributed by atoms with Crippen LogP contribution in [0.5, 0.6) is 0 Å². The molecule has 43 heavy (non-hydrogen) atoms. The second-order valence-corrected chi connectivity index (χ2v) is 16.4. The summed E-state index contributed by atoms with van der Waals surface area (Å²) < 4.78 is 0. The number of allylic oxidation sites excluding steroid dienone is 4. The molecule has 0 unspecified atom stereocenters. The van der Waals surface area contributed by atoms with Crippen LogP contribution in [0.1, 0.15) is 27.8 Å². The van der Waals surface area contributed by atoms with Crippen molar-refractivity contribution >= 4 is 42.8 Å². The van der Waals surface area contributed by atoms with Gasteiger partial charge in [-0.15, -0.1) is 0 Å². The second-order valence-electron chi connectivity index (χ2n) is 12.3. The van der Waals surface area contributed by atoms with Gasteiger partial charge >= 0.3 is 0 Å². The van der Waals surface area contributed by atoms with Crippen LogP contribution in [0, 0.1) is 0 Å². The summed E-state index contributed by atoms with van der Waals surface area (Å²) >= 11 is 0. The zero-order valence-electron chi connectivity index (χ0n) is 24.1. The van der Waals surface area contributed by atoms with Gasteiger partial charge in [0.1, 0.15) is 8.07 Å². The largest absolute Gasteiger partial charge is 0.139 e. The molecule has 5 aromatic carbocycles. The van der Waals surface area contributed by atoms with E-state index in [0.29, 0.717) is 0 Å². The first-order chi connectivity index (χ1) is 21.4. The van der Waals surface area contributed by atoms with Crippen LogP contribution < -0.4 is 31.2 Å². The summed E-state index contributed by atoms with van der Waals surface area (Å²) in [5.41, 5.74) is 9.36. The lowest BCUT2D eigenvalue weighted by Crippen LogP contribution is -2.65. The number of hydrogen-bond acceptors (Lipinski definition) is 0. The number of fused-ring (bicyclic) bond motifs is 9. The minimum absolute atomic E-state index is 0.283. The van der Waals surface area contributed by atoms with Crippen molar-refractivity contribution in [3.05, 3.63) is 177 Å². The molecule has 0 nitrogen and oxygen atoms in total. The highest BCUT2D eigenvalue weighted by Gasteiger charge is 2.53. The summed E-state index contributed by atoms with van der Waals surface area (Å²) in [5, 5.41) is 8.76. The van der Waals surface area contributed by atoms with Gasteiger partial charge in [-0.3, -0.25) is 0 Å². The molecule has 204 valence electrons. The van der Waals surface area contributed by atoms with Crippen LogP contribution in [0.25, 0.3) is 35.4 Å². The summed E-state index contributed by atoms with van der Waals surface area (Å²) in [5.74, 6) is 0. The van der Waals surface area contributed by atoms with Crippen molar-refractivity contribution in [1.29, 1.82) is 0 Å². The van der Waals surface area contributed by atoms with E-state index in [-0.39, 0.29) is 11.1 Å². The van der Waals surface area contributed by atoms with Crippen molar-refractivity contribution < 1.29 is 0 Å². The van der Waals surface area contributed by atoms with Crippen molar-refractivity contribution in [1.82, 2.24) is 0 Å². The Labute approximate surface area is 253 Å². The monoisotopic (exact) mass is 564 g/mol. The third-order valence-electron chi connectivity index (χ3n) is 10.3. The highest BCUT2D eigenvalue weighted by atomic mass is 28.3. The quantitative estimate of drug-likeness (QED) is 0.269. The standard InChI is InChI=1S/C42H32Si/c1-3-15-29(16-4-1)43(30-17-5-2-6-18-30,42-38-25-13-11-21-34(38)35-22-12-14-26-39(35)42)31-27-40-36-23-9-7-19-32(36)33-20-8-10-24-37(33)41(40)28-31/h1-18,21-28,31,42H,19-20H2. The van der Waals surface area contributed by atoms with Crippen molar-refractivity contribution in [2.75, 3.05) is 0 Å². The zero-order valence-corrected chi connectivity index (χ0v) is 25.1. The van der Waals surface area contributed by atoms with Gasteiger partial charge in [-0.25, -0.2) is 0 Å². The highest BCUT2D eigenvalue weighted by Crippen LogP contribution is 2.52. The molecule has 0 atom stereocenters. The first kappa shape index (κ1) is 24.8. The lowest BCUT2D eigenvalue weighted by atomic mass is 9.90. The molecule has 4 aliphatic carbocycles. The predicted octanol–water partition coefficient (Wildman–Crippen LogP) is 5.03. The smallest absolute Gasteiger partial charge is 0.0801 e. The van der Waals surface area contributed by atoms with Gasteiger partial charge in [0.2, 0.25) is 0 Å². The molecule has 9 rings (SSSR count). The SMILES string of the molecule is C1=CCc2c3c(c4c(c2=C1)=CC([Si](c1ccccc1)(c1ccccc1)C1c2ccccc2-c2ccccc21)C=4)=CC=CC3. The van der Waals surface area contributed by atoms with Crippen LogP contribution in [0.15, 0.2) is 133 Å². The minimum Gasteiger partial charge on any atom is -0.0801 e. The molecule has 0 amide bonds. The summed E-state index contributed by atoms with van der Waals surface area (Å²) in [7, 11) is -2.65. The summed E-state index contributed by atoms with van der Waals surface area (Å²) in [6, 6.07) is 41.6. The Bertz CT molecular complexity index is 2080. The fraction of sp³-hybridized carbons (Fsp3) is 0.0952. The van der Waals surface area contributed by atoms with E-state index in [1.807, 2.05) is 0 Å². The van der Waals surface area contributed by atoms with E-state index in [1.54, 1.807) is 0 Å². The van der Waals surface area contributed by atoms with E-state index in [4.69, 9.17) is 0 Å². The van der Waals surface area contributed by atoms with E-state index in [0.717, 1.165) is 12.8 Å². The van der Waals surface area contributed by atoms with Gasteiger partial charge in [-0.05, 0) is 67.1 Å². The molecule has 0 saturated carbocycles. The molecular weight excluding hydrogens is 533 g/mol. The van der Waals surface area contributed by atoms with E-state index >= 15 is 0 Å². The molecule has 4 aliphatic rings. The maximum Gasteiger partial charge on any atom is 0.139 e. The summed E-state index contributed by atoms with van der Waals surface area (Å²) in [6.07, 6.45) is 21.3. The number of hydrogen-bond donors (Lipinski definition) is 0. The van der Waals surface area contributed by atoms with Crippen LogP contribution >= 0.6 is 0 Å². The van der Waals surface area contributed by atoms with Crippen molar-refractivity contribution in [3.63, 3.8) is 0 Å². The van der Waals surface area contributed by atoms with Crippen LogP contribution in [0.4, 0.5) is 0 Å². The normalized spacial score (nSPS) is 16.1. The lowest BCUT2D eigenvalue weighted by molar-refractivity contribution is 1.08. The van der Waals surface area contributed by atoms with Gasteiger partial charge < -0.3 is 0 Å². The van der Waals surface area contributed by atoms with E-state index < -0.39 is 8.07 Å². The molecule has 0 saturated heterocycles. The maximum atomic E-state index is 2.69. The van der Waals surface area contributed by atoms with Crippen LogP contribution in [0.2, 0.25) is 5.54 Å². The van der Waals surface area contributed by atoms with E-state index in [2.05, 4.69) is 158 Å². The van der Waals surface area contributed by atoms with Gasteiger partial charge in [-0.2, -0.15) is 0 Å². The van der Waals surface area contributed by atoms with Gasteiger partial charge in [0, 0.05) is 11.1 Å². The Morgan fingerprint density at radius 3 is 1.40 bits per heavy atom. The predicted molar refractivity (Wildman–Crippen MR) is 184 cm³/mol. The third kappa shape index (κ3) is 3.49. The fourth-order valence-electron chi connectivity index (χ4n) is 8.67. The minimum atomic E-state index is -2.65. The Morgan fingerprint density at radius 2 is 0.907 bits per heavy atom. The van der Waals surface area contributed by atoms with Gasteiger partial charge in [0.05, 0.1) is 0 Å². The number of rotatable bonds is 4. The van der Waals surface area contributed by atoms with Gasteiger partial charge in [0.25, 0.3) is 0 Å². The lowest BCUT2D eigenvalue weighted by Gasteiger charge is -2.43. The maximum absolute atomic E-state index is 2.69. The summed E-state index contributed by atoms with van der Waals surface area (Å²) in [6.45, 7) is 0. The number of benzene rings is 5. The first-order valence-corrected chi connectivity index (χ1v) is 17.7. The van der Waals surface area contributed by atoms with Crippen molar-refractivity contribution in [2.45, 2.75) is 23.9 Å². The van der Waals surface area contributed by atoms with Crippen LogP contribution in [-0.2, 0) is 12.8 Å². The van der Waals surface area contributed by atoms with Crippen LogP contribution in [-0.4, -0.2) is 8.07 Å². The topological polar surface area (TPSA) is 0 Å². The Hall–Kier alpha value is -4.72. The average molecular weight is 565 g/mol. The van der Waals surface area contributed by atoms with Gasteiger partial charge in [0.15, 0.2) is 0 Å². The first-order valence-electron chi connectivity index (χ1n) is 15.6. The Morgan fingerprint density at radius 1 is 0.465 bits per heavy atom. The molecule has 5 aromatic rings. The average Bonchev–Trinajstić information content (AvgIpc) is 3.68. The van der Waals surface area contributed by atoms with Crippen molar-refractivity contribution in [3.8, 4) is 11.1 Å². The molecule has 0 radical (unpaired) electrons. The molecule has 0 bridgehead atoms. The van der Waals surface area contributed by atoms with E-state index in [9.17, 15) is 0 Å². The molecule has 0 N–H and O–H groups in total. The molecular formula is C42H32Si. The van der Waals surface area contributed by atoms with E-state index in [1.165, 1.54) is 64.6 Å². The molecule has 0 aliphatic heterocycles. The molecule has 0 aromatic heterocycles. The molecule has 0 fully saturated rings. The van der Waals surface area contributed by atoms with Gasteiger partial charge in [-0.1, -0.05) is 168 Å². The zero-order chi connectivity index (χ0) is 28.4. The third-order valence-corrected chi connectivity index (χ3v) is 15.8. The Balaban J connectivity index is 1.45. The summed E-state index contributed by atoms with van der Waals surface area (Å²) in [4.78, 5) is 0. The highest BCUT2D eigenvalue weighted by molar-refractivity contribution is 7.06. The van der Waals surface area contributed by atoms with Crippen molar-refractivity contribution in [2.24, 2.45) is 0 Å². The Kier molecular flexibility index (Phi) is 5.58. The molecule has 0 spiro atoms. The van der Waals surface area contributed by atoms with Crippen LogP contribution in [0.3, 0.4) is 0 Å². The molecule has 0 heterocycles. The fourth-order valence-corrected chi connectivity index (χ4v) is 14.7. The molecule has 1 heteroatoms.